The van der Waals surface area contributed by atoms with Gasteiger partial charge in [0.2, 0.25) is 5.91 Å². The van der Waals surface area contributed by atoms with Crippen LogP contribution in [0.5, 0.6) is 0 Å². The highest BCUT2D eigenvalue weighted by Gasteiger charge is 2.30. The van der Waals surface area contributed by atoms with Gasteiger partial charge in [-0.3, -0.25) is 4.79 Å². The lowest BCUT2D eigenvalue weighted by Crippen LogP contribution is -2.37. The van der Waals surface area contributed by atoms with E-state index in [0.717, 1.165) is 23.4 Å². The smallest absolute Gasteiger partial charge is 0.225 e. The molecule has 1 aliphatic carbocycles. The van der Waals surface area contributed by atoms with Gasteiger partial charge in [-0.25, -0.2) is 0 Å². The highest BCUT2D eigenvalue weighted by atomic mass is 35.5. The molecule has 0 N–H and O–H groups in total. The molecule has 0 aliphatic heterocycles. The van der Waals surface area contributed by atoms with E-state index in [4.69, 9.17) is 11.6 Å². The summed E-state index contributed by atoms with van der Waals surface area (Å²) >= 11 is 5.97. The summed E-state index contributed by atoms with van der Waals surface area (Å²) in [5.74, 6) is 0.519. The maximum atomic E-state index is 12.1. The van der Waals surface area contributed by atoms with Crippen molar-refractivity contribution in [2.24, 2.45) is 5.92 Å². The number of rotatable bonds is 3. The molecule has 0 bridgehead atoms. The summed E-state index contributed by atoms with van der Waals surface area (Å²) < 4.78 is 0. The second kappa shape index (κ2) is 5.09. The molecule has 1 atom stereocenters. The first-order valence-electron chi connectivity index (χ1n) is 6.11. The van der Waals surface area contributed by atoms with Crippen molar-refractivity contribution < 1.29 is 4.79 Å². The molecule has 1 aromatic rings. The van der Waals surface area contributed by atoms with Gasteiger partial charge in [0.1, 0.15) is 0 Å². The monoisotopic (exact) mass is 251 g/mol. The Balaban J connectivity index is 2.08. The summed E-state index contributed by atoms with van der Waals surface area (Å²) in [6.07, 6.45) is 3.28. The zero-order chi connectivity index (χ0) is 12.4. The summed E-state index contributed by atoms with van der Waals surface area (Å²) in [5, 5.41) is 0.721. The average Bonchev–Trinajstić information content (AvgIpc) is 2.24. The Labute approximate surface area is 108 Å². The van der Waals surface area contributed by atoms with Crippen LogP contribution in [0, 0.1) is 5.92 Å². The van der Waals surface area contributed by atoms with Crippen LogP contribution < -0.4 is 0 Å². The molecule has 1 amide bonds. The lowest BCUT2D eigenvalue weighted by molar-refractivity contribution is -0.138. The maximum absolute atomic E-state index is 12.1. The Morgan fingerprint density at radius 3 is 2.71 bits per heavy atom. The van der Waals surface area contributed by atoms with Gasteiger partial charge in [-0.2, -0.15) is 0 Å². The largest absolute Gasteiger partial charge is 0.339 e. The molecule has 1 aromatic carbocycles. The summed E-state index contributed by atoms with van der Waals surface area (Å²) in [6, 6.07) is 7.81. The number of amides is 1. The van der Waals surface area contributed by atoms with E-state index >= 15 is 0 Å². The standard InChI is InChI=1S/C14H18ClNO/c1-10(12-7-4-8-13(15)9-12)16(2)14(17)11-5-3-6-11/h4,7-11H,3,5-6H2,1-2H3. The van der Waals surface area contributed by atoms with Crippen molar-refractivity contribution in [2.75, 3.05) is 7.05 Å². The number of hydrogen-bond acceptors (Lipinski definition) is 1. The Hall–Kier alpha value is -1.02. The molecule has 1 unspecified atom stereocenters. The molecule has 0 radical (unpaired) electrons. The highest BCUT2D eigenvalue weighted by molar-refractivity contribution is 6.30. The summed E-state index contributed by atoms with van der Waals surface area (Å²) in [7, 11) is 1.88. The average molecular weight is 252 g/mol. The van der Waals surface area contributed by atoms with Crippen LogP contribution in [0.3, 0.4) is 0 Å². The first kappa shape index (κ1) is 12.4. The van der Waals surface area contributed by atoms with Gasteiger partial charge in [0, 0.05) is 18.0 Å². The van der Waals surface area contributed by atoms with Gasteiger partial charge >= 0.3 is 0 Å². The van der Waals surface area contributed by atoms with Crippen LogP contribution >= 0.6 is 11.6 Å². The van der Waals surface area contributed by atoms with E-state index in [9.17, 15) is 4.79 Å². The van der Waals surface area contributed by atoms with Gasteiger partial charge in [-0.05, 0) is 37.5 Å². The molecule has 2 nitrogen and oxygen atoms in total. The minimum Gasteiger partial charge on any atom is -0.339 e. The fourth-order valence-corrected chi connectivity index (χ4v) is 2.32. The Morgan fingerprint density at radius 1 is 1.47 bits per heavy atom. The first-order valence-corrected chi connectivity index (χ1v) is 6.49. The minimum absolute atomic E-state index is 0.0850. The third-order valence-electron chi connectivity index (χ3n) is 3.71. The molecule has 2 rings (SSSR count). The van der Waals surface area contributed by atoms with Crippen molar-refractivity contribution >= 4 is 17.5 Å². The van der Waals surface area contributed by atoms with Crippen molar-refractivity contribution in [3.63, 3.8) is 0 Å². The molecule has 1 aliphatic rings. The highest BCUT2D eigenvalue weighted by Crippen LogP contribution is 2.31. The topological polar surface area (TPSA) is 20.3 Å². The van der Waals surface area contributed by atoms with E-state index in [0.29, 0.717) is 0 Å². The fraction of sp³-hybridized carbons (Fsp3) is 0.500. The number of nitrogens with zero attached hydrogens (tertiary/aromatic N) is 1. The second-order valence-corrected chi connectivity index (χ2v) is 5.24. The fourth-order valence-electron chi connectivity index (χ4n) is 2.12. The first-order chi connectivity index (χ1) is 8.09. The van der Waals surface area contributed by atoms with Gasteiger partial charge in [-0.1, -0.05) is 30.2 Å². The molecule has 3 heteroatoms. The molecule has 1 fully saturated rings. The van der Waals surface area contributed by atoms with Gasteiger partial charge in [-0.15, -0.1) is 0 Å². The van der Waals surface area contributed by atoms with E-state index in [1.54, 1.807) is 0 Å². The van der Waals surface area contributed by atoms with Gasteiger partial charge < -0.3 is 4.90 Å². The van der Waals surface area contributed by atoms with Crippen LogP contribution in [0.4, 0.5) is 0 Å². The van der Waals surface area contributed by atoms with Crippen LogP contribution in [-0.4, -0.2) is 17.9 Å². The third-order valence-corrected chi connectivity index (χ3v) is 3.95. The molecule has 1 saturated carbocycles. The van der Waals surface area contributed by atoms with Gasteiger partial charge in [0.15, 0.2) is 0 Å². The summed E-state index contributed by atoms with van der Waals surface area (Å²) in [4.78, 5) is 14.0. The molecular formula is C14H18ClNO. The van der Waals surface area contributed by atoms with Crippen molar-refractivity contribution in [2.45, 2.75) is 32.2 Å². The van der Waals surface area contributed by atoms with Gasteiger partial charge in [0.05, 0.1) is 6.04 Å². The zero-order valence-corrected chi connectivity index (χ0v) is 11.1. The SMILES string of the molecule is CC(c1cccc(Cl)c1)N(C)C(=O)C1CCC1. The third kappa shape index (κ3) is 2.63. The molecule has 0 saturated heterocycles. The molecule has 0 aromatic heterocycles. The molecular weight excluding hydrogens is 234 g/mol. The number of carbonyl (C=O) groups excluding carboxylic acids is 1. The lowest BCUT2D eigenvalue weighted by atomic mass is 9.84. The lowest BCUT2D eigenvalue weighted by Gasteiger charge is -2.33. The van der Waals surface area contributed by atoms with Crippen LogP contribution in [-0.2, 0) is 4.79 Å². The van der Waals surface area contributed by atoms with E-state index in [1.807, 2.05) is 43.1 Å². The van der Waals surface area contributed by atoms with Crippen LogP contribution in [0.15, 0.2) is 24.3 Å². The Bertz CT molecular complexity index is 414. The number of carbonyl (C=O) groups is 1. The number of hydrogen-bond donors (Lipinski definition) is 0. The maximum Gasteiger partial charge on any atom is 0.225 e. The van der Waals surface area contributed by atoms with Crippen molar-refractivity contribution in [3.8, 4) is 0 Å². The van der Waals surface area contributed by atoms with E-state index < -0.39 is 0 Å². The number of halogens is 1. The van der Waals surface area contributed by atoms with Crippen molar-refractivity contribution in [1.29, 1.82) is 0 Å². The van der Waals surface area contributed by atoms with Crippen molar-refractivity contribution in [1.82, 2.24) is 4.90 Å². The quantitative estimate of drug-likeness (QED) is 0.803. The van der Waals surface area contributed by atoms with Crippen molar-refractivity contribution in [3.05, 3.63) is 34.9 Å². The Kier molecular flexibility index (Phi) is 3.72. The number of benzene rings is 1. The molecule has 92 valence electrons. The minimum atomic E-state index is 0.0850. The van der Waals surface area contributed by atoms with E-state index in [-0.39, 0.29) is 17.9 Å². The molecule has 0 heterocycles. The predicted octanol–water partition coefficient (Wildman–Crippen LogP) is 3.66. The zero-order valence-electron chi connectivity index (χ0n) is 10.3. The Morgan fingerprint density at radius 2 is 2.18 bits per heavy atom. The van der Waals surface area contributed by atoms with Crippen LogP contribution in [0.1, 0.15) is 37.8 Å². The second-order valence-electron chi connectivity index (χ2n) is 4.81. The van der Waals surface area contributed by atoms with Crippen LogP contribution in [0.2, 0.25) is 5.02 Å². The normalized spacial score (nSPS) is 17.4. The van der Waals surface area contributed by atoms with Crippen LogP contribution in [0.25, 0.3) is 0 Å². The van der Waals surface area contributed by atoms with E-state index in [1.165, 1.54) is 6.42 Å². The molecule has 17 heavy (non-hydrogen) atoms. The predicted molar refractivity (Wildman–Crippen MR) is 70.0 cm³/mol. The summed E-state index contributed by atoms with van der Waals surface area (Å²) in [6.45, 7) is 2.04. The summed E-state index contributed by atoms with van der Waals surface area (Å²) in [5.41, 5.74) is 1.09. The van der Waals surface area contributed by atoms with E-state index in [2.05, 4.69) is 0 Å². The van der Waals surface area contributed by atoms with Gasteiger partial charge in [0.25, 0.3) is 0 Å². The molecule has 0 spiro atoms.